The molecule has 0 aromatic heterocycles. The molecule has 0 radical (unpaired) electrons. The van der Waals surface area contributed by atoms with Gasteiger partial charge in [-0.05, 0) is 35.9 Å². The average Bonchev–Trinajstić information content (AvgIpc) is 2.35. The standard InChI is InChI=1S/C14H10Br2F2O/c15-9-3-4-12(17)11(6-9)14(19)5-8-1-2-10(16)7-13(8)18/h1-4,6-7,14,19H,5H2. The highest BCUT2D eigenvalue weighted by molar-refractivity contribution is 9.10. The predicted molar refractivity (Wildman–Crippen MR) is 76.9 cm³/mol. The second-order valence-electron chi connectivity index (χ2n) is 4.12. The van der Waals surface area contributed by atoms with Crippen LogP contribution in [0.1, 0.15) is 17.2 Å². The number of hydrogen-bond acceptors (Lipinski definition) is 1. The van der Waals surface area contributed by atoms with Gasteiger partial charge in [0.15, 0.2) is 0 Å². The van der Waals surface area contributed by atoms with Gasteiger partial charge in [0.2, 0.25) is 0 Å². The lowest BCUT2D eigenvalue weighted by Crippen LogP contribution is -2.06. The van der Waals surface area contributed by atoms with E-state index < -0.39 is 17.7 Å². The average molecular weight is 392 g/mol. The van der Waals surface area contributed by atoms with Crippen molar-refractivity contribution in [2.75, 3.05) is 0 Å². The Balaban J connectivity index is 2.25. The number of halogens is 4. The predicted octanol–water partition coefficient (Wildman–Crippen LogP) is 4.77. The fourth-order valence-electron chi connectivity index (χ4n) is 1.78. The van der Waals surface area contributed by atoms with Gasteiger partial charge in [0.05, 0.1) is 6.10 Å². The lowest BCUT2D eigenvalue weighted by Gasteiger charge is -2.13. The summed E-state index contributed by atoms with van der Waals surface area (Å²) in [5.74, 6) is -0.933. The first-order valence-corrected chi connectivity index (χ1v) is 7.13. The summed E-state index contributed by atoms with van der Waals surface area (Å²) in [6.07, 6.45) is -1.07. The lowest BCUT2D eigenvalue weighted by atomic mass is 10.0. The Bertz CT molecular complexity index is 602. The summed E-state index contributed by atoms with van der Waals surface area (Å²) < 4.78 is 28.6. The number of benzene rings is 2. The van der Waals surface area contributed by atoms with Crippen LogP contribution in [0.25, 0.3) is 0 Å². The first-order chi connectivity index (χ1) is 8.97. The molecule has 0 bridgehead atoms. The Hall–Kier alpha value is -0.780. The van der Waals surface area contributed by atoms with Crippen LogP contribution < -0.4 is 0 Å². The van der Waals surface area contributed by atoms with Crippen LogP contribution >= 0.6 is 31.9 Å². The molecule has 2 aromatic rings. The Morgan fingerprint density at radius 3 is 2.26 bits per heavy atom. The molecule has 0 spiro atoms. The molecule has 1 unspecified atom stereocenters. The highest BCUT2D eigenvalue weighted by Gasteiger charge is 2.16. The SMILES string of the molecule is OC(Cc1ccc(Br)cc1F)c1cc(Br)ccc1F. The van der Waals surface area contributed by atoms with Gasteiger partial charge in [-0.3, -0.25) is 0 Å². The highest BCUT2D eigenvalue weighted by Crippen LogP contribution is 2.26. The van der Waals surface area contributed by atoms with E-state index in [1.807, 2.05) is 0 Å². The van der Waals surface area contributed by atoms with E-state index in [-0.39, 0.29) is 12.0 Å². The van der Waals surface area contributed by atoms with Gasteiger partial charge >= 0.3 is 0 Å². The van der Waals surface area contributed by atoms with Crippen molar-refractivity contribution in [2.45, 2.75) is 12.5 Å². The van der Waals surface area contributed by atoms with E-state index in [0.717, 1.165) is 0 Å². The largest absolute Gasteiger partial charge is 0.388 e. The van der Waals surface area contributed by atoms with Crippen LogP contribution in [0.3, 0.4) is 0 Å². The van der Waals surface area contributed by atoms with Crippen molar-refractivity contribution in [3.05, 3.63) is 68.1 Å². The third kappa shape index (κ3) is 3.61. The smallest absolute Gasteiger partial charge is 0.129 e. The zero-order valence-electron chi connectivity index (χ0n) is 9.71. The van der Waals surface area contributed by atoms with E-state index in [0.29, 0.717) is 14.5 Å². The summed E-state index contributed by atoms with van der Waals surface area (Å²) in [5, 5.41) is 10.0. The second kappa shape index (κ2) is 6.11. The van der Waals surface area contributed by atoms with Gasteiger partial charge in [0, 0.05) is 20.9 Å². The molecule has 0 amide bonds. The maximum atomic E-state index is 13.7. The Morgan fingerprint density at radius 1 is 0.947 bits per heavy atom. The summed E-state index contributed by atoms with van der Waals surface area (Å²) in [5.41, 5.74) is 0.492. The molecule has 5 heteroatoms. The van der Waals surface area contributed by atoms with Gasteiger partial charge in [-0.2, -0.15) is 0 Å². The molecule has 0 heterocycles. The fourth-order valence-corrected chi connectivity index (χ4v) is 2.49. The molecule has 0 fully saturated rings. The van der Waals surface area contributed by atoms with Crippen LogP contribution in [-0.2, 0) is 6.42 Å². The summed E-state index contributed by atoms with van der Waals surface area (Å²) in [6, 6.07) is 8.88. The molecule has 1 nitrogen and oxygen atoms in total. The Morgan fingerprint density at radius 2 is 1.58 bits per heavy atom. The van der Waals surface area contributed by atoms with Crippen LogP contribution in [0.5, 0.6) is 0 Å². The molecular formula is C14H10Br2F2O. The van der Waals surface area contributed by atoms with E-state index in [1.165, 1.54) is 18.2 Å². The summed E-state index contributed by atoms with van der Waals surface area (Å²) in [4.78, 5) is 0. The van der Waals surface area contributed by atoms with E-state index in [2.05, 4.69) is 31.9 Å². The van der Waals surface area contributed by atoms with E-state index >= 15 is 0 Å². The van der Waals surface area contributed by atoms with Crippen molar-refractivity contribution in [2.24, 2.45) is 0 Å². The van der Waals surface area contributed by atoms with Gasteiger partial charge < -0.3 is 5.11 Å². The molecule has 0 aliphatic rings. The lowest BCUT2D eigenvalue weighted by molar-refractivity contribution is 0.172. The van der Waals surface area contributed by atoms with Crippen molar-refractivity contribution in [1.29, 1.82) is 0 Å². The summed E-state index contributed by atoms with van der Waals surface area (Å²) in [7, 11) is 0. The van der Waals surface area contributed by atoms with E-state index in [4.69, 9.17) is 0 Å². The number of hydrogen-bond donors (Lipinski definition) is 1. The van der Waals surface area contributed by atoms with Gasteiger partial charge in [-0.1, -0.05) is 37.9 Å². The molecule has 1 N–H and O–H groups in total. The van der Waals surface area contributed by atoms with E-state index in [9.17, 15) is 13.9 Å². The van der Waals surface area contributed by atoms with Crippen LogP contribution in [0, 0.1) is 11.6 Å². The van der Waals surface area contributed by atoms with Gasteiger partial charge in [0.25, 0.3) is 0 Å². The zero-order chi connectivity index (χ0) is 14.0. The van der Waals surface area contributed by atoms with Crippen LogP contribution in [0.4, 0.5) is 8.78 Å². The van der Waals surface area contributed by atoms with Crippen molar-refractivity contribution in [3.63, 3.8) is 0 Å². The van der Waals surface area contributed by atoms with Crippen molar-refractivity contribution in [1.82, 2.24) is 0 Å². The van der Waals surface area contributed by atoms with Gasteiger partial charge in [-0.25, -0.2) is 8.78 Å². The van der Waals surface area contributed by atoms with Crippen LogP contribution in [0.15, 0.2) is 45.3 Å². The molecule has 2 aromatic carbocycles. The quantitative estimate of drug-likeness (QED) is 0.799. The zero-order valence-corrected chi connectivity index (χ0v) is 12.9. The number of rotatable bonds is 3. The van der Waals surface area contributed by atoms with Crippen molar-refractivity contribution in [3.8, 4) is 0 Å². The minimum absolute atomic E-state index is 0.0203. The van der Waals surface area contributed by atoms with Crippen LogP contribution in [0.2, 0.25) is 0 Å². The maximum absolute atomic E-state index is 13.7. The third-order valence-electron chi connectivity index (χ3n) is 2.75. The summed E-state index contributed by atoms with van der Waals surface area (Å²) in [6.45, 7) is 0. The van der Waals surface area contributed by atoms with Crippen molar-refractivity contribution >= 4 is 31.9 Å². The van der Waals surface area contributed by atoms with Crippen molar-refractivity contribution < 1.29 is 13.9 Å². The number of aliphatic hydroxyl groups is 1. The molecular weight excluding hydrogens is 382 g/mol. The monoisotopic (exact) mass is 390 g/mol. The third-order valence-corrected chi connectivity index (χ3v) is 3.73. The molecule has 1 atom stereocenters. The first-order valence-electron chi connectivity index (χ1n) is 5.54. The first kappa shape index (κ1) is 14.6. The van der Waals surface area contributed by atoms with Gasteiger partial charge in [0.1, 0.15) is 11.6 Å². The number of aliphatic hydroxyl groups excluding tert-OH is 1. The minimum atomic E-state index is -1.09. The molecule has 0 saturated carbocycles. The Kier molecular flexibility index (Phi) is 4.71. The second-order valence-corrected chi connectivity index (χ2v) is 5.95. The molecule has 100 valence electrons. The maximum Gasteiger partial charge on any atom is 0.129 e. The Labute approximate surface area is 126 Å². The van der Waals surface area contributed by atoms with Gasteiger partial charge in [-0.15, -0.1) is 0 Å². The summed E-state index contributed by atoms with van der Waals surface area (Å²) >= 11 is 6.38. The molecule has 0 saturated heterocycles. The molecule has 0 aliphatic carbocycles. The highest BCUT2D eigenvalue weighted by atomic mass is 79.9. The minimum Gasteiger partial charge on any atom is -0.388 e. The molecule has 19 heavy (non-hydrogen) atoms. The topological polar surface area (TPSA) is 20.2 Å². The molecule has 2 rings (SSSR count). The fraction of sp³-hybridized carbons (Fsp3) is 0.143. The normalized spacial score (nSPS) is 12.5. The molecule has 0 aliphatic heterocycles. The van der Waals surface area contributed by atoms with E-state index in [1.54, 1.807) is 18.2 Å². The van der Waals surface area contributed by atoms with Crippen LogP contribution in [-0.4, -0.2) is 5.11 Å².